The first-order valence-corrected chi connectivity index (χ1v) is 2.39. The predicted octanol–water partition coefficient (Wildman–Crippen LogP) is 0.159. The van der Waals surface area contributed by atoms with Gasteiger partial charge >= 0.3 is 0 Å². The van der Waals surface area contributed by atoms with Crippen molar-refractivity contribution in [1.82, 2.24) is 5.48 Å². The molecule has 0 aliphatic heterocycles. The minimum Gasteiger partial charge on any atom is -0.396 e. The summed E-state index contributed by atoms with van der Waals surface area (Å²) in [4.78, 5) is 0. The third-order valence-corrected chi connectivity index (χ3v) is 0.697. The molecule has 0 heterocycles. The van der Waals surface area contributed by atoms with E-state index in [4.69, 9.17) is 10.3 Å². The highest BCUT2D eigenvalue weighted by molar-refractivity contribution is 5.85. The Morgan fingerprint density at radius 2 is 1.88 bits per heavy atom. The molecule has 0 unspecified atom stereocenters. The molecule has 0 bridgehead atoms. The summed E-state index contributed by atoms with van der Waals surface area (Å²) in [5.41, 5.74) is 1.99. The van der Waals surface area contributed by atoms with E-state index in [9.17, 15) is 0 Å². The maximum atomic E-state index is 8.18. The SMILES string of the molecule is Cl.OCCCCNO. The molecule has 0 radical (unpaired) electrons. The van der Waals surface area contributed by atoms with Crippen LogP contribution < -0.4 is 5.48 Å². The number of aliphatic hydroxyl groups excluding tert-OH is 1. The van der Waals surface area contributed by atoms with Gasteiger partial charge in [0.25, 0.3) is 0 Å². The van der Waals surface area contributed by atoms with E-state index in [0.29, 0.717) is 6.54 Å². The molecule has 0 spiro atoms. The largest absolute Gasteiger partial charge is 0.396 e. The number of rotatable bonds is 4. The Morgan fingerprint density at radius 3 is 2.25 bits per heavy atom. The molecular weight excluding hydrogens is 130 g/mol. The zero-order valence-electron chi connectivity index (χ0n) is 4.63. The maximum Gasteiger partial charge on any atom is 0.0431 e. The van der Waals surface area contributed by atoms with Crippen LogP contribution >= 0.6 is 12.4 Å². The van der Waals surface area contributed by atoms with Crippen LogP contribution in [-0.2, 0) is 0 Å². The normalized spacial score (nSPS) is 8.25. The van der Waals surface area contributed by atoms with Gasteiger partial charge in [-0.2, -0.15) is 0 Å². The molecular formula is C4H12ClNO2. The van der Waals surface area contributed by atoms with Gasteiger partial charge in [0.2, 0.25) is 0 Å². The van der Waals surface area contributed by atoms with Crippen molar-refractivity contribution in [3.63, 3.8) is 0 Å². The van der Waals surface area contributed by atoms with E-state index < -0.39 is 0 Å². The lowest BCUT2D eigenvalue weighted by Crippen LogP contribution is -2.08. The molecule has 0 atom stereocenters. The molecule has 0 aliphatic carbocycles. The minimum absolute atomic E-state index is 0. The second-order valence-electron chi connectivity index (χ2n) is 1.34. The lowest BCUT2D eigenvalue weighted by Gasteiger charge is -1.91. The number of halogens is 1. The summed E-state index contributed by atoms with van der Waals surface area (Å²) in [6, 6.07) is 0. The van der Waals surface area contributed by atoms with Gasteiger partial charge in [-0.3, -0.25) is 0 Å². The van der Waals surface area contributed by atoms with Crippen molar-refractivity contribution in [2.75, 3.05) is 13.2 Å². The summed E-state index contributed by atoms with van der Waals surface area (Å²) in [5, 5.41) is 16.1. The molecule has 3 N–H and O–H groups in total. The van der Waals surface area contributed by atoms with Crippen LogP contribution in [0.15, 0.2) is 0 Å². The molecule has 52 valence electrons. The number of hydrogen-bond donors (Lipinski definition) is 3. The number of hydroxylamine groups is 1. The molecule has 0 aromatic heterocycles. The van der Waals surface area contributed by atoms with Crippen molar-refractivity contribution in [2.24, 2.45) is 0 Å². The third-order valence-electron chi connectivity index (χ3n) is 0.697. The molecule has 4 heteroatoms. The van der Waals surface area contributed by atoms with Crippen molar-refractivity contribution in [1.29, 1.82) is 0 Å². The topological polar surface area (TPSA) is 52.5 Å². The van der Waals surface area contributed by atoms with E-state index >= 15 is 0 Å². The van der Waals surface area contributed by atoms with Crippen LogP contribution in [0.5, 0.6) is 0 Å². The first-order valence-electron chi connectivity index (χ1n) is 2.39. The monoisotopic (exact) mass is 141 g/mol. The van der Waals surface area contributed by atoms with E-state index in [1.54, 1.807) is 0 Å². The molecule has 0 amide bonds. The zero-order valence-corrected chi connectivity index (χ0v) is 5.45. The van der Waals surface area contributed by atoms with Gasteiger partial charge in [-0.1, -0.05) is 0 Å². The Labute approximate surface area is 55.1 Å². The van der Waals surface area contributed by atoms with Gasteiger partial charge in [-0.15, -0.1) is 12.4 Å². The molecule has 0 aromatic rings. The Morgan fingerprint density at radius 1 is 1.25 bits per heavy atom. The smallest absolute Gasteiger partial charge is 0.0431 e. The van der Waals surface area contributed by atoms with Gasteiger partial charge in [-0.05, 0) is 12.8 Å². The maximum absolute atomic E-state index is 8.18. The third kappa shape index (κ3) is 9.48. The van der Waals surface area contributed by atoms with Gasteiger partial charge in [0.1, 0.15) is 0 Å². The van der Waals surface area contributed by atoms with E-state index in [0.717, 1.165) is 12.8 Å². The summed E-state index contributed by atoms with van der Waals surface area (Å²) in [6.07, 6.45) is 1.58. The van der Waals surface area contributed by atoms with Gasteiger partial charge < -0.3 is 10.3 Å². The summed E-state index contributed by atoms with van der Waals surface area (Å²) in [6.45, 7) is 0.780. The summed E-state index contributed by atoms with van der Waals surface area (Å²) < 4.78 is 0. The lowest BCUT2D eigenvalue weighted by molar-refractivity contribution is 0.161. The zero-order chi connectivity index (χ0) is 5.54. The van der Waals surface area contributed by atoms with E-state index in [2.05, 4.69) is 0 Å². The molecule has 8 heavy (non-hydrogen) atoms. The summed E-state index contributed by atoms with van der Waals surface area (Å²) >= 11 is 0. The van der Waals surface area contributed by atoms with Crippen LogP contribution in [-0.4, -0.2) is 23.5 Å². The Hall–Kier alpha value is 0.170. The van der Waals surface area contributed by atoms with Gasteiger partial charge in [-0.25, -0.2) is 5.48 Å². The highest BCUT2D eigenvalue weighted by atomic mass is 35.5. The van der Waals surface area contributed by atoms with Gasteiger partial charge in [0, 0.05) is 13.2 Å². The van der Waals surface area contributed by atoms with Crippen molar-refractivity contribution in [2.45, 2.75) is 12.8 Å². The van der Waals surface area contributed by atoms with E-state index in [1.807, 2.05) is 5.48 Å². The first-order chi connectivity index (χ1) is 3.41. The van der Waals surface area contributed by atoms with E-state index in [1.165, 1.54) is 0 Å². The highest BCUT2D eigenvalue weighted by Crippen LogP contribution is 1.80. The van der Waals surface area contributed by atoms with Gasteiger partial charge in [0.15, 0.2) is 0 Å². The minimum atomic E-state index is 0. The Balaban J connectivity index is 0. The van der Waals surface area contributed by atoms with Crippen molar-refractivity contribution in [3.8, 4) is 0 Å². The molecule has 0 rings (SSSR count). The van der Waals surface area contributed by atoms with Crippen LogP contribution in [0.3, 0.4) is 0 Å². The average molecular weight is 142 g/mol. The van der Waals surface area contributed by atoms with Crippen LogP contribution in [0, 0.1) is 0 Å². The molecule has 3 nitrogen and oxygen atoms in total. The number of nitrogens with one attached hydrogen (secondary N) is 1. The average Bonchev–Trinajstić information content (AvgIpc) is 1.69. The van der Waals surface area contributed by atoms with Crippen molar-refractivity contribution < 1.29 is 10.3 Å². The molecule has 0 aromatic carbocycles. The quantitative estimate of drug-likeness (QED) is 0.386. The van der Waals surface area contributed by atoms with Gasteiger partial charge in [0.05, 0.1) is 0 Å². The summed E-state index contributed by atoms with van der Waals surface area (Å²) in [5.74, 6) is 0. The number of hydrogen-bond acceptors (Lipinski definition) is 3. The number of aliphatic hydroxyl groups is 1. The van der Waals surface area contributed by atoms with Crippen LogP contribution in [0.4, 0.5) is 0 Å². The lowest BCUT2D eigenvalue weighted by atomic mass is 10.3. The standard InChI is InChI=1S/C4H11NO2.ClH/c6-4-2-1-3-5-7;/h5-7H,1-4H2;1H. The fraction of sp³-hybridized carbons (Fsp3) is 1.00. The van der Waals surface area contributed by atoms with Crippen molar-refractivity contribution >= 4 is 12.4 Å². The second kappa shape index (κ2) is 10.2. The Kier molecular flexibility index (Phi) is 14.1. The molecule has 0 fully saturated rings. The van der Waals surface area contributed by atoms with E-state index in [-0.39, 0.29) is 19.0 Å². The fourth-order valence-corrected chi connectivity index (χ4v) is 0.316. The number of unbranched alkanes of at least 4 members (excludes halogenated alkanes) is 1. The molecule has 0 saturated heterocycles. The second-order valence-corrected chi connectivity index (χ2v) is 1.34. The van der Waals surface area contributed by atoms with Crippen LogP contribution in [0.25, 0.3) is 0 Å². The summed E-state index contributed by atoms with van der Waals surface area (Å²) in [7, 11) is 0. The first kappa shape index (κ1) is 11.0. The fourth-order valence-electron chi connectivity index (χ4n) is 0.316. The highest BCUT2D eigenvalue weighted by Gasteiger charge is 1.80. The molecule has 0 saturated carbocycles. The van der Waals surface area contributed by atoms with Crippen LogP contribution in [0.1, 0.15) is 12.8 Å². The Bertz CT molecular complexity index is 33.2. The molecule has 0 aliphatic rings. The van der Waals surface area contributed by atoms with Crippen molar-refractivity contribution in [3.05, 3.63) is 0 Å². The van der Waals surface area contributed by atoms with Crippen LogP contribution in [0.2, 0.25) is 0 Å². The predicted molar refractivity (Wildman–Crippen MR) is 33.4 cm³/mol.